The van der Waals surface area contributed by atoms with E-state index in [9.17, 15) is 0 Å². The first-order valence-corrected chi connectivity index (χ1v) is 10.4. The Morgan fingerprint density at radius 3 is 3.25 bits per heavy atom. The highest BCUT2D eigenvalue weighted by Gasteiger charge is 2.48. The largest absolute Gasteiger partial charge is 0.472 e. The molecular formula is C20H28N2OS. The summed E-state index contributed by atoms with van der Waals surface area (Å²) in [5, 5.41) is 3.76. The molecule has 1 N–H and O–H groups in total. The van der Waals surface area contributed by atoms with Gasteiger partial charge < -0.3 is 10.1 Å². The fourth-order valence-electron chi connectivity index (χ4n) is 5.44. The molecule has 3 nitrogen and oxygen atoms in total. The summed E-state index contributed by atoms with van der Waals surface area (Å²) in [7, 11) is 0. The van der Waals surface area contributed by atoms with Crippen LogP contribution in [0.1, 0.15) is 50.0 Å². The van der Waals surface area contributed by atoms with Gasteiger partial charge >= 0.3 is 0 Å². The standard InChI is InChI=1S/C20H28N2OS/c1-11-10-24-16-8-9-21-18(17(11)16)15-5-3-4-13-14-7-6-12(2)22-20(14)23-19(13)15/h8,11,13-14,17-18,20-21H,3-7,9-10H2,1-2H3/t11?,13-,14?,17-,18?,20?/m0/s1/i2D3. The number of hydrogen-bond donors (Lipinski definition) is 1. The van der Waals surface area contributed by atoms with Crippen molar-refractivity contribution in [2.45, 2.75) is 58.1 Å². The Hall–Kier alpha value is -0.740. The molecule has 24 heavy (non-hydrogen) atoms. The second-order valence-corrected chi connectivity index (χ2v) is 9.07. The summed E-state index contributed by atoms with van der Waals surface area (Å²) in [6.45, 7) is 1.22. The van der Waals surface area contributed by atoms with E-state index in [2.05, 4.69) is 23.3 Å². The predicted octanol–water partition coefficient (Wildman–Crippen LogP) is 4.12. The molecule has 4 heteroatoms. The van der Waals surface area contributed by atoms with Crippen LogP contribution >= 0.6 is 11.8 Å². The van der Waals surface area contributed by atoms with Gasteiger partial charge in [-0.2, -0.15) is 0 Å². The Kier molecular flexibility index (Phi) is 3.10. The lowest BCUT2D eigenvalue weighted by molar-refractivity contribution is 0.127. The number of fused-ring (bicyclic) bond motifs is 4. The van der Waals surface area contributed by atoms with Crippen molar-refractivity contribution in [1.29, 1.82) is 0 Å². The van der Waals surface area contributed by atoms with Gasteiger partial charge in [0.25, 0.3) is 0 Å². The maximum absolute atomic E-state index is 7.70. The first-order valence-electron chi connectivity index (χ1n) is 11.0. The summed E-state index contributed by atoms with van der Waals surface area (Å²) in [5.41, 5.74) is 1.81. The van der Waals surface area contributed by atoms with Gasteiger partial charge in [-0.05, 0) is 55.4 Å². The number of aliphatic imine (C=N–C) groups is 1. The molecule has 0 spiro atoms. The van der Waals surface area contributed by atoms with Crippen LogP contribution in [0.2, 0.25) is 0 Å². The molecule has 4 unspecified atom stereocenters. The number of nitrogens with zero attached hydrogens (tertiary/aromatic N) is 1. The minimum atomic E-state index is -2.08. The molecular weight excluding hydrogens is 316 g/mol. The number of rotatable bonds is 1. The van der Waals surface area contributed by atoms with Crippen LogP contribution in [-0.4, -0.2) is 30.3 Å². The van der Waals surface area contributed by atoms with E-state index < -0.39 is 6.85 Å². The summed E-state index contributed by atoms with van der Waals surface area (Å²) in [6, 6.07) is 0.374. The Labute approximate surface area is 153 Å². The molecule has 0 amide bonds. The van der Waals surface area contributed by atoms with Crippen LogP contribution in [0.25, 0.3) is 0 Å². The Morgan fingerprint density at radius 1 is 1.38 bits per heavy atom. The van der Waals surface area contributed by atoms with Crippen LogP contribution < -0.4 is 5.32 Å². The van der Waals surface area contributed by atoms with E-state index in [1.54, 1.807) is 4.91 Å². The van der Waals surface area contributed by atoms with E-state index in [-0.39, 0.29) is 6.23 Å². The van der Waals surface area contributed by atoms with E-state index in [1.165, 1.54) is 17.7 Å². The van der Waals surface area contributed by atoms with Crippen molar-refractivity contribution in [3.63, 3.8) is 0 Å². The molecule has 0 bridgehead atoms. The summed E-state index contributed by atoms with van der Waals surface area (Å²) < 4.78 is 29.5. The van der Waals surface area contributed by atoms with Crippen LogP contribution in [0, 0.1) is 23.7 Å². The lowest BCUT2D eigenvalue weighted by Crippen LogP contribution is -2.44. The molecule has 0 aromatic carbocycles. The minimum Gasteiger partial charge on any atom is -0.472 e. The van der Waals surface area contributed by atoms with Gasteiger partial charge in [0.15, 0.2) is 6.23 Å². The number of thioether (sulfide) groups is 1. The highest BCUT2D eigenvalue weighted by Crippen LogP contribution is 2.52. The van der Waals surface area contributed by atoms with Crippen molar-refractivity contribution in [2.75, 3.05) is 12.3 Å². The molecule has 0 saturated carbocycles. The number of allylic oxidation sites excluding steroid dienone is 1. The van der Waals surface area contributed by atoms with Gasteiger partial charge in [-0.15, -0.1) is 11.8 Å². The van der Waals surface area contributed by atoms with Gasteiger partial charge in [0.2, 0.25) is 0 Å². The predicted molar refractivity (Wildman–Crippen MR) is 100 cm³/mol. The molecule has 4 aliphatic heterocycles. The molecule has 1 aliphatic carbocycles. The van der Waals surface area contributed by atoms with Gasteiger partial charge in [0, 0.05) is 45.9 Å². The third-order valence-corrected chi connectivity index (χ3v) is 8.04. The SMILES string of the molecule is [2H]C([2H])([2H])C1=NC2OC3=C(C4NCC=C5SCC(C)[C@@H]54)CCC[C@H]3C2CC1. The van der Waals surface area contributed by atoms with Crippen LogP contribution in [0.4, 0.5) is 0 Å². The molecule has 5 aliphatic rings. The van der Waals surface area contributed by atoms with Gasteiger partial charge in [0.1, 0.15) is 5.76 Å². The van der Waals surface area contributed by atoms with E-state index in [4.69, 9.17) is 8.85 Å². The second-order valence-electron chi connectivity index (χ2n) is 7.98. The van der Waals surface area contributed by atoms with Gasteiger partial charge in [-0.1, -0.05) is 13.0 Å². The first kappa shape index (κ1) is 12.6. The Morgan fingerprint density at radius 2 is 2.33 bits per heavy atom. The zero-order chi connectivity index (χ0) is 18.8. The average Bonchev–Trinajstić information content (AvgIpc) is 3.21. The Bertz CT molecular complexity index is 729. The van der Waals surface area contributed by atoms with Crippen molar-refractivity contribution >= 4 is 17.5 Å². The minimum absolute atomic E-state index is 0.281. The van der Waals surface area contributed by atoms with E-state index in [0.717, 1.165) is 31.6 Å². The molecule has 2 fully saturated rings. The Balaban J connectivity index is 1.48. The molecule has 130 valence electrons. The third-order valence-electron chi connectivity index (χ3n) is 6.57. The second kappa shape index (κ2) is 5.91. The van der Waals surface area contributed by atoms with Crippen molar-refractivity contribution in [1.82, 2.24) is 5.32 Å². The summed E-state index contributed by atoms with van der Waals surface area (Å²) in [5.74, 6) is 4.40. The van der Waals surface area contributed by atoms with Crippen molar-refractivity contribution in [3.8, 4) is 0 Å². The lowest BCUT2D eigenvalue weighted by Gasteiger charge is -2.36. The first-order chi connectivity index (χ1) is 12.9. The monoisotopic (exact) mass is 347 g/mol. The lowest BCUT2D eigenvalue weighted by atomic mass is 9.73. The third kappa shape index (κ3) is 2.33. The van der Waals surface area contributed by atoms with Crippen molar-refractivity contribution in [2.24, 2.45) is 28.7 Å². The maximum Gasteiger partial charge on any atom is 0.192 e. The van der Waals surface area contributed by atoms with Gasteiger partial charge in [0.05, 0.1) is 0 Å². The van der Waals surface area contributed by atoms with Crippen LogP contribution in [-0.2, 0) is 4.74 Å². The van der Waals surface area contributed by atoms with Crippen molar-refractivity contribution < 1.29 is 8.85 Å². The normalized spacial score (nSPS) is 46.6. The maximum atomic E-state index is 7.70. The zero-order valence-corrected chi connectivity index (χ0v) is 15.1. The molecule has 5 rings (SSSR count). The zero-order valence-electron chi connectivity index (χ0n) is 17.3. The molecule has 6 atom stereocenters. The molecule has 0 aromatic heterocycles. The summed E-state index contributed by atoms with van der Waals surface area (Å²) in [4.78, 5) is 6.12. The summed E-state index contributed by atoms with van der Waals surface area (Å²) >= 11 is 2.02. The average molecular weight is 348 g/mol. The van der Waals surface area contributed by atoms with E-state index in [1.807, 2.05) is 11.8 Å². The van der Waals surface area contributed by atoms with E-state index >= 15 is 0 Å². The number of ether oxygens (including phenoxy) is 1. The fraction of sp³-hybridized carbons (Fsp3) is 0.750. The van der Waals surface area contributed by atoms with Crippen LogP contribution in [0.3, 0.4) is 0 Å². The van der Waals surface area contributed by atoms with Gasteiger partial charge in [-0.25, -0.2) is 0 Å². The molecule has 0 aromatic rings. The molecule has 0 radical (unpaired) electrons. The summed E-state index contributed by atoms with van der Waals surface area (Å²) in [6.07, 6.45) is 7.02. The molecule has 4 heterocycles. The van der Waals surface area contributed by atoms with Crippen molar-refractivity contribution in [3.05, 3.63) is 22.3 Å². The van der Waals surface area contributed by atoms with Gasteiger partial charge in [-0.3, -0.25) is 4.99 Å². The quantitative estimate of drug-likeness (QED) is 0.774. The fourth-order valence-corrected chi connectivity index (χ4v) is 6.86. The highest BCUT2D eigenvalue weighted by atomic mass is 32.2. The number of hydrogen-bond acceptors (Lipinski definition) is 4. The van der Waals surface area contributed by atoms with E-state index in [0.29, 0.717) is 41.8 Å². The van der Waals surface area contributed by atoms with Crippen LogP contribution in [0.15, 0.2) is 27.3 Å². The number of nitrogens with one attached hydrogen (secondary N) is 1. The molecule has 2 saturated heterocycles. The van der Waals surface area contributed by atoms with Crippen LogP contribution in [0.5, 0.6) is 0 Å². The highest BCUT2D eigenvalue weighted by molar-refractivity contribution is 8.03. The topological polar surface area (TPSA) is 33.6 Å². The smallest absolute Gasteiger partial charge is 0.192 e.